The number of aromatic hydroxyl groups is 1. The number of nitrogens with zero attached hydrogens (tertiary/aromatic N) is 3. The summed E-state index contributed by atoms with van der Waals surface area (Å²) in [6, 6.07) is 9.34. The summed E-state index contributed by atoms with van der Waals surface area (Å²) in [7, 11) is 0. The van der Waals surface area contributed by atoms with E-state index < -0.39 is 0 Å². The molecule has 1 aliphatic rings. The highest BCUT2D eigenvalue weighted by Crippen LogP contribution is 2.40. The van der Waals surface area contributed by atoms with Crippen molar-refractivity contribution in [3.63, 3.8) is 0 Å². The number of phenolic OH excluding ortho intramolecular Hbond substituents is 1. The van der Waals surface area contributed by atoms with Crippen molar-refractivity contribution < 1.29 is 9.84 Å². The average molecular weight is 356 g/mol. The average Bonchev–Trinajstić information content (AvgIpc) is 2.68. The monoisotopic (exact) mass is 355 g/mol. The SMILES string of the molecule is Oc1c([C@@H](c2ccncc2)N2CCOCC2)cc(Cl)c2cccnc12. The number of benzene rings is 1. The van der Waals surface area contributed by atoms with E-state index in [1.165, 1.54) is 0 Å². The standard InChI is InChI=1S/C19H18ClN3O2/c20-16-12-15(19(24)17-14(16)2-1-5-22-17)18(13-3-6-21-7-4-13)23-8-10-25-11-9-23/h1-7,12,18,24H,8-11H2/t18-/m1/s1. The zero-order valence-electron chi connectivity index (χ0n) is 13.6. The Balaban J connectivity index is 1.90. The predicted octanol–water partition coefficient (Wildman–Crippen LogP) is 3.41. The number of rotatable bonds is 3. The molecule has 0 spiro atoms. The molecule has 3 heterocycles. The van der Waals surface area contributed by atoms with Crippen molar-refractivity contribution in [3.05, 3.63) is 65.1 Å². The van der Waals surface area contributed by atoms with Crippen LogP contribution < -0.4 is 0 Å². The smallest absolute Gasteiger partial charge is 0.147 e. The summed E-state index contributed by atoms with van der Waals surface area (Å²) in [5.41, 5.74) is 2.33. The van der Waals surface area contributed by atoms with Crippen LogP contribution in [0.4, 0.5) is 0 Å². The van der Waals surface area contributed by atoms with Gasteiger partial charge in [0, 0.05) is 42.6 Å². The first-order valence-corrected chi connectivity index (χ1v) is 8.61. The van der Waals surface area contributed by atoms with Crippen LogP contribution in [0.15, 0.2) is 48.9 Å². The van der Waals surface area contributed by atoms with Gasteiger partial charge in [-0.1, -0.05) is 11.6 Å². The van der Waals surface area contributed by atoms with Crippen LogP contribution in [0.25, 0.3) is 10.9 Å². The summed E-state index contributed by atoms with van der Waals surface area (Å²) in [5, 5.41) is 12.3. The number of ether oxygens (including phenoxy) is 1. The second-order valence-corrected chi connectivity index (χ2v) is 6.43. The van der Waals surface area contributed by atoms with Gasteiger partial charge in [0.2, 0.25) is 0 Å². The van der Waals surface area contributed by atoms with Crippen molar-refractivity contribution in [2.45, 2.75) is 6.04 Å². The van der Waals surface area contributed by atoms with Crippen LogP contribution in [0.1, 0.15) is 17.2 Å². The molecule has 1 atom stereocenters. The van der Waals surface area contributed by atoms with Gasteiger partial charge in [-0.15, -0.1) is 0 Å². The van der Waals surface area contributed by atoms with Crippen LogP contribution in [0.2, 0.25) is 5.02 Å². The molecule has 0 saturated carbocycles. The number of hydrogen-bond acceptors (Lipinski definition) is 5. The van der Waals surface area contributed by atoms with Crippen LogP contribution >= 0.6 is 11.6 Å². The van der Waals surface area contributed by atoms with Gasteiger partial charge in [-0.25, -0.2) is 0 Å². The number of halogens is 1. The molecule has 1 aromatic carbocycles. The van der Waals surface area contributed by atoms with E-state index in [0.717, 1.165) is 29.6 Å². The van der Waals surface area contributed by atoms with Crippen molar-refractivity contribution in [2.75, 3.05) is 26.3 Å². The number of fused-ring (bicyclic) bond motifs is 1. The van der Waals surface area contributed by atoms with Gasteiger partial charge in [0.15, 0.2) is 0 Å². The Morgan fingerprint density at radius 1 is 1.12 bits per heavy atom. The van der Waals surface area contributed by atoms with Crippen molar-refractivity contribution in [2.24, 2.45) is 0 Å². The Bertz CT molecular complexity index is 882. The summed E-state index contributed by atoms with van der Waals surface area (Å²) in [6.07, 6.45) is 5.19. The van der Waals surface area contributed by atoms with Crippen molar-refractivity contribution in [1.82, 2.24) is 14.9 Å². The predicted molar refractivity (Wildman–Crippen MR) is 96.9 cm³/mol. The fraction of sp³-hybridized carbons (Fsp3) is 0.263. The Labute approximate surface area is 150 Å². The highest BCUT2D eigenvalue weighted by molar-refractivity contribution is 6.35. The second kappa shape index (κ2) is 6.96. The summed E-state index contributed by atoms with van der Waals surface area (Å²) in [6.45, 7) is 2.90. The third-order valence-corrected chi connectivity index (χ3v) is 4.88. The molecule has 6 heteroatoms. The molecule has 2 aromatic heterocycles. The summed E-state index contributed by atoms with van der Waals surface area (Å²) < 4.78 is 5.49. The minimum Gasteiger partial charge on any atom is -0.505 e. The van der Waals surface area contributed by atoms with E-state index in [1.54, 1.807) is 18.6 Å². The molecule has 4 rings (SSSR count). The van der Waals surface area contributed by atoms with Crippen LogP contribution in [0, 0.1) is 0 Å². The molecule has 1 aliphatic heterocycles. The maximum atomic E-state index is 10.9. The van der Waals surface area contributed by atoms with Crippen molar-refractivity contribution >= 4 is 22.5 Å². The zero-order chi connectivity index (χ0) is 17.2. The largest absolute Gasteiger partial charge is 0.505 e. The first-order chi connectivity index (χ1) is 12.3. The molecule has 128 valence electrons. The van der Waals surface area contributed by atoms with E-state index in [2.05, 4.69) is 14.9 Å². The molecule has 3 aromatic rings. The number of morpholine rings is 1. The van der Waals surface area contributed by atoms with Gasteiger partial charge in [0.25, 0.3) is 0 Å². The van der Waals surface area contributed by atoms with Crippen molar-refractivity contribution in [3.8, 4) is 5.75 Å². The molecular weight excluding hydrogens is 338 g/mol. The van der Waals surface area contributed by atoms with Gasteiger partial charge in [-0.3, -0.25) is 14.9 Å². The minimum atomic E-state index is -0.129. The van der Waals surface area contributed by atoms with E-state index >= 15 is 0 Å². The lowest BCUT2D eigenvalue weighted by Gasteiger charge is -2.35. The maximum absolute atomic E-state index is 10.9. The van der Waals surface area contributed by atoms with Crippen LogP contribution in [-0.4, -0.2) is 46.3 Å². The van der Waals surface area contributed by atoms with Gasteiger partial charge >= 0.3 is 0 Å². The van der Waals surface area contributed by atoms with E-state index in [9.17, 15) is 5.11 Å². The van der Waals surface area contributed by atoms with Gasteiger partial charge in [0.05, 0.1) is 24.3 Å². The first kappa shape index (κ1) is 16.3. The molecule has 0 unspecified atom stereocenters. The minimum absolute atomic E-state index is 0.129. The third-order valence-electron chi connectivity index (χ3n) is 4.57. The van der Waals surface area contributed by atoms with Gasteiger partial charge < -0.3 is 9.84 Å². The van der Waals surface area contributed by atoms with E-state index in [-0.39, 0.29) is 11.8 Å². The topological polar surface area (TPSA) is 58.5 Å². The molecule has 1 N–H and O–H groups in total. The Morgan fingerprint density at radius 3 is 2.64 bits per heavy atom. The summed E-state index contributed by atoms with van der Waals surface area (Å²) in [5.74, 6) is 0.174. The van der Waals surface area contributed by atoms with Gasteiger partial charge in [0.1, 0.15) is 11.3 Å². The Morgan fingerprint density at radius 2 is 1.88 bits per heavy atom. The normalized spacial score (nSPS) is 16.8. The fourth-order valence-corrected chi connectivity index (χ4v) is 3.65. The lowest BCUT2D eigenvalue weighted by atomic mass is 9.95. The number of pyridine rings is 2. The molecule has 0 bridgehead atoms. The van der Waals surface area contributed by atoms with E-state index in [1.807, 2.05) is 30.3 Å². The maximum Gasteiger partial charge on any atom is 0.147 e. The number of phenols is 1. The second-order valence-electron chi connectivity index (χ2n) is 6.03. The molecule has 1 saturated heterocycles. The Kier molecular flexibility index (Phi) is 4.53. The molecule has 5 nitrogen and oxygen atoms in total. The Hall–Kier alpha value is -2.21. The highest BCUT2D eigenvalue weighted by Gasteiger charge is 2.28. The van der Waals surface area contributed by atoms with E-state index in [4.69, 9.17) is 16.3 Å². The molecule has 1 fully saturated rings. The molecule has 0 amide bonds. The van der Waals surface area contributed by atoms with Crippen molar-refractivity contribution in [1.29, 1.82) is 0 Å². The first-order valence-electron chi connectivity index (χ1n) is 8.23. The van der Waals surface area contributed by atoms with E-state index in [0.29, 0.717) is 23.8 Å². The molecule has 0 radical (unpaired) electrons. The fourth-order valence-electron chi connectivity index (χ4n) is 3.38. The highest BCUT2D eigenvalue weighted by atomic mass is 35.5. The number of aromatic nitrogens is 2. The summed E-state index contributed by atoms with van der Waals surface area (Å²) >= 11 is 6.50. The lowest BCUT2D eigenvalue weighted by molar-refractivity contribution is 0.0236. The molecule has 0 aliphatic carbocycles. The van der Waals surface area contributed by atoms with Crippen LogP contribution in [0.5, 0.6) is 5.75 Å². The zero-order valence-corrected chi connectivity index (χ0v) is 14.4. The van der Waals surface area contributed by atoms with Crippen LogP contribution in [-0.2, 0) is 4.74 Å². The number of hydrogen-bond donors (Lipinski definition) is 1. The van der Waals surface area contributed by atoms with Gasteiger partial charge in [-0.05, 0) is 35.9 Å². The molecular formula is C19H18ClN3O2. The quantitative estimate of drug-likeness (QED) is 0.780. The van der Waals surface area contributed by atoms with Crippen LogP contribution in [0.3, 0.4) is 0 Å². The summed E-state index contributed by atoms with van der Waals surface area (Å²) in [4.78, 5) is 10.7. The lowest BCUT2D eigenvalue weighted by Crippen LogP contribution is -2.39. The molecule has 25 heavy (non-hydrogen) atoms. The third kappa shape index (κ3) is 3.06. The van der Waals surface area contributed by atoms with Gasteiger partial charge in [-0.2, -0.15) is 0 Å².